The number of likely N-dealkylation sites (N-methyl/N-ethyl adjacent to an activating group) is 1. The molecule has 4 rings (SSSR count). The van der Waals surface area contributed by atoms with Gasteiger partial charge in [-0.2, -0.15) is 8.78 Å². The summed E-state index contributed by atoms with van der Waals surface area (Å²) < 4.78 is 47.9. The summed E-state index contributed by atoms with van der Waals surface area (Å²) in [5, 5.41) is 2.71. The van der Waals surface area contributed by atoms with Crippen molar-refractivity contribution in [3.05, 3.63) is 29.7 Å². The molecule has 1 aliphatic carbocycles. The van der Waals surface area contributed by atoms with Crippen LogP contribution in [0.4, 0.5) is 13.6 Å². The number of hydrogen-bond donors (Lipinski definition) is 1. The van der Waals surface area contributed by atoms with E-state index in [1.54, 1.807) is 32.6 Å². The van der Waals surface area contributed by atoms with Crippen LogP contribution in [-0.4, -0.2) is 78.3 Å². The van der Waals surface area contributed by atoms with E-state index < -0.39 is 24.3 Å². The third-order valence-corrected chi connectivity index (χ3v) is 6.81. The second kappa shape index (κ2) is 12.0. The Balaban J connectivity index is 1.67. The van der Waals surface area contributed by atoms with E-state index in [-0.39, 0.29) is 40.8 Å². The third kappa shape index (κ3) is 7.61. The Morgan fingerprint density at radius 1 is 1.20 bits per heavy atom. The van der Waals surface area contributed by atoms with E-state index in [9.17, 15) is 18.4 Å². The predicted octanol–water partition coefficient (Wildman–Crippen LogP) is 5.09. The number of nitrogens with one attached hydrogen (secondary N) is 1. The summed E-state index contributed by atoms with van der Waals surface area (Å²) in [6.45, 7) is 8.02. The van der Waals surface area contributed by atoms with E-state index in [0.29, 0.717) is 37.7 Å². The van der Waals surface area contributed by atoms with Crippen molar-refractivity contribution in [2.75, 3.05) is 33.3 Å². The number of carbonyl (C=O) groups is 2. The molecule has 12 heteroatoms. The van der Waals surface area contributed by atoms with Gasteiger partial charge in [-0.25, -0.2) is 9.78 Å². The minimum atomic E-state index is -3.02. The van der Waals surface area contributed by atoms with Gasteiger partial charge in [-0.05, 0) is 78.6 Å². The average Bonchev–Trinajstić information content (AvgIpc) is 3.58. The lowest BCUT2D eigenvalue weighted by atomic mass is 10.1. The molecule has 10 nitrogen and oxygen atoms in total. The lowest BCUT2D eigenvalue weighted by Crippen LogP contribution is -2.52. The molecule has 2 heterocycles. The summed E-state index contributed by atoms with van der Waals surface area (Å²) in [5.74, 6) is 0.320. The zero-order valence-corrected chi connectivity index (χ0v) is 23.8. The van der Waals surface area contributed by atoms with Crippen LogP contribution in [0.15, 0.2) is 22.6 Å². The van der Waals surface area contributed by atoms with E-state index in [1.807, 2.05) is 14.0 Å². The SMILES string of the molecule is C[C@H](NC(=O)OC(C)(C)C)c1oc(-c2ccc(OC(F)F)c(OCC3CC3)c2)nc1C(=O)N1CCN(C)[C@H](C)C1. The van der Waals surface area contributed by atoms with Gasteiger partial charge in [0.1, 0.15) is 5.60 Å². The number of oxazole rings is 1. The zero-order chi connectivity index (χ0) is 29.2. The maximum atomic E-state index is 13.7. The minimum Gasteiger partial charge on any atom is -0.489 e. The standard InChI is InChI=1S/C28H38F2N4O6/c1-16-14-34(12-11-33(16)6)25(35)22-23(17(2)31-27(36)40-28(3,4)5)39-24(32-22)19-9-10-20(38-26(29)30)21(13-19)37-15-18-7-8-18/h9-10,13,16-18,26H,7-8,11-12,14-15H2,1-6H3,(H,31,36)/t16-,17+/m1/s1. The smallest absolute Gasteiger partial charge is 0.408 e. The number of ether oxygens (including phenoxy) is 3. The number of aromatic nitrogens is 1. The molecule has 2 amide bonds. The lowest BCUT2D eigenvalue weighted by Gasteiger charge is -2.37. The highest BCUT2D eigenvalue weighted by molar-refractivity contribution is 5.94. The van der Waals surface area contributed by atoms with Crippen molar-refractivity contribution in [3.8, 4) is 23.0 Å². The summed E-state index contributed by atoms with van der Waals surface area (Å²) in [6, 6.07) is 3.77. The van der Waals surface area contributed by atoms with Crippen molar-refractivity contribution in [1.29, 1.82) is 0 Å². The Morgan fingerprint density at radius 3 is 2.55 bits per heavy atom. The molecule has 2 atom stereocenters. The molecular weight excluding hydrogens is 526 g/mol. The summed E-state index contributed by atoms with van der Waals surface area (Å²) >= 11 is 0. The monoisotopic (exact) mass is 564 g/mol. The number of nitrogens with zero attached hydrogens (tertiary/aromatic N) is 3. The van der Waals surface area contributed by atoms with Gasteiger partial charge in [0.15, 0.2) is 23.0 Å². The first-order valence-electron chi connectivity index (χ1n) is 13.5. The quantitative estimate of drug-likeness (QED) is 0.449. The van der Waals surface area contributed by atoms with Gasteiger partial charge in [0.2, 0.25) is 5.89 Å². The highest BCUT2D eigenvalue weighted by atomic mass is 19.3. The molecular formula is C28H38F2N4O6. The van der Waals surface area contributed by atoms with Gasteiger partial charge in [0.25, 0.3) is 5.91 Å². The van der Waals surface area contributed by atoms with Gasteiger partial charge in [-0.1, -0.05) is 0 Å². The van der Waals surface area contributed by atoms with Gasteiger partial charge < -0.3 is 33.7 Å². The molecule has 1 N–H and O–H groups in total. The van der Waals surface area contributed by atoms with Gasteiger partial charge in [-0.3, -0.25) is 4.79 Å². The Bertz CT molecular complexity index is 1210. The number of hydrogen-bond acceptors (Lipinski definition) is 8. The second-order valence-electron chi connectivity index (χ2n) is 11.5. The Labute approximate surface area is 232 Å². The number of benzene rings is 1. The highest BCUT2D eigenvalue weighted by Gasteiger charge is 2.33. The fraction of sp³-hybridized carbons (Fsp3) is 0.607. The van der Waals surface area contributed by atoms with Crippen LogP contribution in [0.3, 0.4) is 0 Å². The van der Waals surface area contributed by atoms with Crippen molar-refractivity contribution in [2.45, 2.75) is 71.8 Å². The normalized spacial score (nSPS) is 18.9. The van der Waals surface area contributed by atoms with Crippen molar-refractivity contribution in [3.63, 3.8) is 0 Å². The fourth-order valence-corrected chi connectivity index (χ4v) is 4.27. The molecule has 1 saturated carbocycles. The molecule has 1 saturated heterocycles. The molecule has 2 fully saturated rings. The third-order valence-electron chi connectivity index (χ3n) is 6.81. The average molecular weight is 565 g/mol. The number of alkyl halides is 2. The van der Waals surface area contributed by atoms with Crippen LogP contribution < -0.4 is 14.8 Å². The molecule has 40 heavy (non-hydrogen) atoms. The highest BCUT2D eigenvalue weighted by Crippen LogP contribution is 2.37. The minimum absolute atomic E-state index is 0.0590. The van der Waals surface area contributed by atoms with Crippen LogP contribution in [0.25, 0.3) is 11.5 Å². The van der Waals surface area contributed by atoms with Crippen molar-refractivity contribution >= 4 is 12.0 Å². The van der Waals surface area contributed by atoms with Gasteiger partial charge >= 0.3 is 12.7 Å². The Morgan fingerprint density at radius 2 is 1.93 bits per heavy atom. The largest absolute Gasteiger partial charge is 0.489 e. The van der Waals surface area contributed by atoms with Crippen LogP contribution in [0, 0.1) is 5.92 Å². The number of halogens is 2. The van der Waals surface area contributed by atoms with Crippen molar-refractivity contribution < 1.29 is 37.0 Å². The Hall–Kier alpha value is -3.41. The van der Waals surface area contributed by atoms with Crippen LogP contribution >= 0.6 is 0 Å². The molecule has 2 aromatic rings. The summed E-state index contributed by atoms with van der Waals surface area (Å²) in [5.41, 5.74) is -0.253. The maximum absolute atomic E-state index is 13.7. The van der Waals surface area contributed by atoms with Crippen LogP contribution in [0.2, 0.25) is 0 Å². The molecule has 2 aliphatic rings. The van der Waals surface area contributed by atoms with Crippen LogP contribution in [0.5, 0.6) is 11.5 Å². The number of piperazine rings is 1. The maximum Gasteiger partial charge on any atom is 0.408 e. The first-order chi connectivity index (χ1) is 18.8. The summed E-state index contributed by atoms with van der Waals surface area (Å²) in [4.78, 5) is 34.6. The molecule has 1 aliphatic heterocycles. The van der Waals surface area contributed by atoms with Crippen molar-refractivity contribution in [1.82, 2.24) is 20.1 Å². The second-order valence-corrected chi connectivity index (χ2v) is 11.5. The van der Waals surface area contributed by atoms with E-state index in [1.165, 1.54) is 18.2 Å². The first-order valence-corrected chi connectivity index (χ1v) is 13.5. The Kier molecular flexibility index (Phi) is 8.86. The zero-order valence-electron chi connectivity index (χ0n) is 23.8. The fourth-order valence-electron chi connectivity index (χ4n) is 4.27. The number of carbonyl (C=O) groups excluding carboxylic acids is 2. The number of amides is 2. The van der Waals surface area contributed by atoms with Gasteiger partial charge in [0.05, 0.1) is 12.6 Å². The van der Waals surface area contributed by atoms with E-state index >= 15 is 0 Å². The number of alkyl carbamates (subject to hydrolysis) is 1. The molecule has 0 unspecified atom stereocenters. The van der Waals surface area contributed by atoms with Crippen LogP contribution in [-0.2, 0) is 4.74 Å². The van der Waals surface area contributed by atoms with Crippen LogP contribution in [0.1, 0.15) is 69.8 Å². The lowest BCUT2D eigenvalue weighted by molar-refractivity contribution is -0.0515. The van der Waals surface area contributed by atoms with Gasteiger partial charge in [0, 0.05) is 31.2 Å². The molecule has 220 valence electrons. The predicted molar refractivity (Wildman–Crippen MR) is 143 cm³/mol. The van der Waals surface area contributed by atoms with Crippen molar-refractivity contribution in [2.24, 2.45) is 5.92 Å². The van der Waals surface area contributed by atoms with E-state index in [4.69, 9.17) is 13.9 Å². The summed E-state index contributed by atoms with van der Waals surface area (Å²) in [6.07, 6.45) is 1.37. The summed E-state index contributed by atoms with van der Waals surface area (Å²) in [7, 11) is 2.00. The molecule has 1 aromatic carbocycles. The van der Waals surface area contributed by atoms with E-state index in [2.05, 4.69) is 19.9 Å². The molecule has 1 aromatic heterocycles. The molecule has 0 bridgehead atoms. The van der Waals surface area contributed by atoms with E-state index in [0.717, 1.165) is 12.8 Å². The first kappa shape index (κ1) is 29.6. The molecule has 0 radical (unpaired) electrons. The number of rotatable bonds is 9. The van der Waals surface area contributed by atoms with Gasteiger partial charge in [-0.15, -0.1) is 0 Å². The molecule has 0 spiro atoms. The topological polar surface area (TPSA) is 106 Å².